The Morgan fingerprint density at radius 1 is 1.00 bits per heavy atom. The fraction of sp³-hybridized carbons (Fsp3) is 0.348. The predicted octanol–water partition coefficient (Wildman–Crippen LogP) is 4.15. The van der Waals surface area contributed by atoms with Crippen LogP contribution in [0, 0.1) is 0 Å². The Hall–Kier alpha value is -2.39. The zero-order valence-electron chi connectivity index (χ0n) is 17.7. The van der Waals surface area contributed by atoms with Gasteiger partial charge in [0.1, 0.15) is 5.82 Å². The molecule has 166 valence electrons. The highest BCUT2D eigenvalue weighted by molar-refractivity contribution is 7.98. The summed E-state index contributed by atoms with van der Waals surface area (Å²) in [5, 5.41) is 20.2. The summed E-state index contributed by atoms with van der Waals surface area (Å²) >= 11 is 7.81. The van der Waals surface area contributed by atoms with Crippen LogP contribution in [0.3, 0.4) is 0 Å². The molecule has 2 aromatic heterocycles. The second-order valence-electron chi connectivity index (χ2n) is 7.88. The van der Waals surface area contributed by atoms with Crippen LogP contribution < -0.4 is 0 Å². The molecule has 7 nitrogen and oxygen atoms in total. The van der Waals surface area contributed by atoms with Crippen LogP contribution >= 0.6 is 23.4 Å². The number of nitrogens with zero attached hydrogens (tertiary/aromatic N) is 6. The van der Waals surface area contributed by atoms with Crippen LogP contribution in [0.4, 0.5) is 0 Å². The molecule has 0 unspecified atom stereocenters. The number of fused-ring (bicyclic) bond motifs is 1. The van der Waals surface area contributed by atoms with Crippen molar-refractivity contribution in [2.24, 2.45) is 0 Å². The molecule has 32 heavy (non-hydrogen) atoms. The number of para-hydroxylation sites is 1. The number of aliphatic hydroxyl groups is 1. The number of benzene rings is 2. The molecule has 1 aliphatic heterocycles. The summed E-state index contributed by atoms with van der Waals surface area (Å²) in [4.78, 5) is 7.22. The van der Waals surface area contributed by atoms with E-state index in [1.54, 1.807) is 11.8 Å². The number of imidazole rings is 1. The third-order valence-electron chi connectivity index (χ3n) is 5.72. The van der Waals surface area contributed by atoms with Crippen molar-refractivity contribution in [3.8, 4) is 5.69 Å². The number of hydrogen-bond donors (Lipinski definition) is 1. The molecule has 5 rings (SSSR count). The van der Waals surface area contributed by atoms with E-state index in [-0.39, 0.29) is 6.61 Å². The van der Waals surface area contributed by atoms with Gasteiger partial charge in [-0.1, -0.05) is 41.6 Å². The first-order chi connectivity index (χ1) is 15.7. The van der Waals surface area contributed by atoms with Crippen molar-refractivity contribution in [3.05, 3.63) is 65.2 Å². The van der Waals surface area contributed by atoms with Gasteiger partial charge in [0.2, 0.25) is 0 Å². The Balaban J connectivity index is 1.45. The molecule has 1 saturated heterocycles. The average molecular weight is 469 g/mol. The number of hydrogen-bond acceptors (Lipinski definition) is 6. The minimum absolute atomic E-state index is 0.0375. The van der Waals surface area contributed by atoms with Crippen molar-refractivity contribution in [3.63, 3.8) is 0 Å². The van der Waals surface area contributed by atoms with Crippen molar-refractivity contribution >= 4 is 34.4 Å². The summed E-state index contributed by atoms with van der Waals surface area (Å²) < 4.78 is 4.18. The molecule has 1 N–H and O–H groups in total. The fourth-order valence-corrected chi connectivity index (χ4v) is 5.29. The molecule has 0 aliphatic carbocycles. The Labute approximate surface area is 196 Å². The maximum absolute atomic E-state index is 9.59. The number of aliphatic hydroxyl groups excluding tert-OH is 1. The lowest BCUT2D eigenvalue weighted by atomic mass is 10.3. The van der Waals surface area contributed by atoms with E-state index in [1.807, 2.05) is 41.0 Å². The smallest absolute Gasteiger partial charge is 0.196 e. The van der Waals surface area contributed by atoms with Gasteiger partial charge in [-0.3, -0.25) is 9.47 Å². The van der Waals surface area contributed by atoms with E-state index in [9.17, 15) is 5.11 Å². The Morgan fingerprint density at radius 3 is 2.59 bits per heavy atom. The number of likely N-dealkylation sites (tertiary alicyclic amines) is 1. The molecule has 3 heterocycles. The van der Waals surface area contributed by atoms with Crippen LogP contribution in [0.25, 0.3) is 16.7 Å². The summed E-state index contributed by atoms with van der Waals surface area (Å²) in [5.41, 5.74) is 2.86. The molecule has 0 radical (unpaired) electrons. The lowest BCUT2D eigenvalue weighted by molar-refractivity contribution is 0.276. The van der Waals surface area contributed by atoms with Crippen LogP contribution in [0.1, 0.15) is 24.5 Å². The summed E-state index contributed by atoms with van der Waals surface area (Å²) in [6, 6.07) is 15.9. The molecule has 0 bridgehead atoms. The van der Waals surface area contributed by atoms with Crippen LogP contribution in [0.2, 0.25) is 5.02 Å². The largest absolute Gasteiger partial charge is 0.395 e. The van der Waals surface area contributed by atoms with Crippen molar-refractivity contribution in [1.82, 2.24) is 29.2 Å². The first-order valence-corrected chi connectivity index (χ1v) is 12.2. The molecular weight excluding hydrogens is 444 g/mol. The van der Waals surface area contributed by atoms with Crippen LogP contribution in [-0.4, -0.2) is 54.0 Å². The van der Waals surface area contributed by atoms with E-state index in [4.69, 9.17) is 16.6 Å². The van der Waals surface area contributed by atoms with E-state index in [0.29, 0.717) is 17.3 Å². The van der Waals surface area contributed by atoms with Gasteiger partial charge in [0.15, 0.2) is 11.0 Å². The normalized spacial score (nSPS) is 14.6. The van der Waals surface area contributed by atoms with Crippen LogP contribution in [-0.2, 0) is 18.8 Å². The third kappa shape index (κ3) is 4.41. The zero-order chi connectivity index (χ0) is 21.9. The van der Waals surface area contributed by atoms with Gasteiger partial charge in [0.05, 0.1) is 29.9 Å². The van der Waals surface area contributed by atoms with Crippen molar-refractivity contribution in [2.75, 3.05) is 19.7 Å². The Bertz CT molecular complexity index is 1200. The zero-order valence-corrected chi connectivity index (χ0v) is 19.3. The fourth-order valence-electron chi connectivity index (χ4n) is 4.21. The second kappa shape index (κ2) is 9.62. The molecule has 0 spiro atoms. The first-order valence-electron chi connectivity index (χ1n) is 10.8. The SMILES string of the molecule is OCCn1c(CSc2nnc(CN3CCCC3)n2-c2ccccc2)nc2ccc(Cl)cc21. The minimum atomic E-state index is 0.0375. The minimum Gasteiger partial charge on any atom is -0.395 e. The van der Waals surface area contributed by atoms with E-state index in [0.717, 1.165) is 53.2 Å². The molecule has 2 aromatic carbocycles. The standard InChI is InChI=1S/C23H25ClN6OS/c24-17-8-9-19-20(14-17)29(12-13-31)22(25-19)16-32-23-27-26-21(15-28-10-4-5-11-28)30(23)18-6-2-1-3-7-18/h1-3,6-9,14,31H,4-5,10-13,15-16H2. The second-order valence-corrected chi connectivity index (χ2v) is 9.26. The van der Waals surface area contributed by atoms with Gasteiger partial charge < -0.3 is 9.67 Å². The van der Waals surface area contributed by atoms with Crippen molar-refractivity contribution < 1.29 is 5.11 Å². The van der Waals surface area contributed by atoms with E-state index >= 15 is 0 Å². The van der Waals surface area contributed by atoms with Gasteiger partial charge in [0.25, 0.3) is 0 Å². The maximum Gasteiger partial charge on any atom is 0.196 e. The molecule has 9 heteroatoms. The Kier molecular flexibility index (Phi) is 6.45. The predicted molar refractivity (Wildman–Crippen MR) is 127 cm³/mol. The summed E-state index contributed by atoms with van der Waals surface area (Å²) in [6.07, 6.45) is 2.48. The molecule has 1 fully saturated rings. The van der Waals surface area contributed by atoms with E-state index in [2.05, 4.69) is 31.8 Å². The average Bonchev–Trinajstić information content (AvgIpc) is 3.54. The molecule has 1 aliphatic rings. The number of halogens is 1. The lowest BCUT2D eigenvalue weighted by Gasteiger charge is -2.16. The molecule has 4 aromatic rings. The monoisotopic (exact) mass is 468 g/mol. The van der Waals surface area contributed by atoms with Gasteiger partial charge in [-0.15, -0.1) is 10.2 Å². The highest BCUT2D eigenvalue weighted by Gasteiger charge is 2.20. The van der Waals surface area contributed by atoms with Crippen LogP contribution in [0.5, 0.6) is 0 Å². The van der Waals surface area contributed by atoms with E-state index < -0.39 is 0 Å². The summed E-state index contributed by atoms with van der Waals surface area (Å²) in [6.45, 7) is 3.52. The van der Waals surface area contributed by atoms with E-state index in [1.165, 1.54) is 12.8 Å². The number of aromatic nitrogens is 5. The van der Waals surface area contributed by atoms with Crippen molar-refractivity contribution in [1.29, 1.82) is 0 Å². The van der Waals surface area contributed by atoms with Gasteiger partial charge in [0, 0.05) is 17.3 Å². The molecule has 0 amide bonds. The summed E-state index contributed by atoms with van der Waals surface area (Å²) in [5.74, 6) is 2.45. The number of rotatable bonds is 8. The van der Waals surface area contributed by atoms with Gasteiger partial charge >= 0.3 is 0 Å². The van der Waals surface area contributed by atoms with Gasteiger partial charge in [-0.05, 0) is 56.3 Å². The highest BCUT2D eigenvalue weighted by Crippen LogP contribution is 2.28. The topological polar surface area (TPSA) is 72.0 Å². The maximum atomic E-state index is 9.59. The summed E-state index contributed by atoms with van der Waals surface area (Å²) in [7, 11) is 0. The van der Waals surface area contributed by atoms with Crippen LogP contribution in [0.15, 0.2) is 53.7 Å². The number of thioether (sulfide) groups is 1. The third-order valence-corrected chi connectivity index (χ3v) is 6.88. The molecule has 0 atom stereocenters. The van der Waals surface area contributed by atoms with Gasteiger partial charge in [-0.25, -0.2) is 4.98 Å². The van der Waals surface area contributed by atoms with Crippen molar-refractivity contribution in [2.45, 2.75) is 36.8 Å². The van der Waals surface area contributed by atoms with Gasteiger partial charge in [-0.2, -0.15) is 0 Å². The highest BCUT2D eigenvalue weighted by atomic mass is 35.5. The lowest BCUT2D eigenvalue weighted by Crippen LogP contribution is -2.21. The first kappa shape index (κ1) is 21.5. The quantitative estimate of drug-likeness (QED) is 0.392. The molecular formula is C23H25ClN6OS. The Morgan fingerprint density at radius 2 is 1.81 bits per heavy atom. The molecule has 0 saturated carbocycles.